The monoisotopic (exact) mass is 325 g/mol. The lowest BCUT2D eigenvalue weighted by atomic mass is 10.1. The zero-order valence-corrected chi connectivity index (χ0v) is 14.7. The molecule has 0 amide bonds. The first-order chi connectivity index (χ1) is 11.1. The molecule has 3 aromatic rings. The fraction of sp³-hybridized carbons (Fsp3) is 0.316. The Hall–Kier alpha value is -1.91. The number of hydrogen-bond acceptors (Lipinski definition) is 4. The third kappa shape index (κ3) is 3.89. The number of thiazole rings is 1. The zero-order valence-electron chi connectivity index (χ0n) is 13.9. The summed E-state index contributed by atoms with van der Waals surface area (Å²) in [6.45, 7) is 6.22. The molecule has 0 radical (unpaired) electrons. The van der Waals surface area contributed by atoms with Gasteiger partial charge in [-0.25, -0.2) is 4.98 Å². The Bertz CT molecular complexity index is 746. The molecule has 0 aliphatic heterocycles. The van der Waals surface area contributed by atoms with Crippen LogP contribution in [0.3, 0.4) is 0 Å². The van der Waals surface area contributed by atoms with Crippen LogP contribution in [0.2, 0.25) is 0 Å². The number of benzene rings is 2. The van der Waals surface area contributed by atoms with Gasteiger partial charge in [0.2, 0.25) is 0 Å². The van der Waals surface area contributed by atoms with E-state index < -0.39 is 0 Å². The van der Waals surface area contributed by atoms with Crippen LogP contribution in [0.4, 0.5) is 5.13 Å². The number of fused-ring (bicyclic) bond motifs is 1. The Labute approximate surface area is 142 Å². The second kappa shape index (κ2) is 7.11. The summed E-state index contributed by atoms with van der Waals surface area (Å²) < 4.78 is 1.22. The van der Waals surface area contributed by atoms with Crippen LogP contribution in [0.5, 0.6) is 0 Å². The van der Waals surface area contributed by atoms with Gasteiger partial charge in [-0.1, -0.05) is 47.7 Å². The topological polar surface area (TPSA) is 28.2 Å². The molecule has 1 aromatic heterocycles. The lowest BCUT2D eigenvalue weighted by Crippen LogP contribution is -2.26. The van der Waals surface area contributed by atoms with Gasteiger partial charge in [0.05, 0.1) is 10.2 Å². The summed E-state index contributed by atoms with van der Waals surface area (Å²) in [7, 11) is 2.17. The molecule has 4 heteroatoms. The summed E-state index contributed by atoms with van der Waals surface area (Å²) in [5.41, 5.74) is 3.77. The average molecular weight is 325 g/mol. The van der Waals surface area contributed by atoms with Crippen molar-refractivity contribution < 1.29 is 0 Å². The zero-order chi connectivity index (χ0) is 16.2. The molecule has 23 heavy (non-hydrogen) atoms. The smallest absolute Gasteiger partial charge is 0.184 e. The third-order valence-electron chi connectivity index (χ3n) is 4.14. The molecule has 0 aliphatic rings. The maximum Gasteiger partial charge on any atom is 0.184 e. The van der Waals surface area contributed by atoms with Crippen LogP contribution >= 0.6 is 11.3 Å². The first-order valence-corrected chi connectivity index (χ1v) is 8.81. The number of nitrogens with zero attached hydrogens (tertiary/aromatic N) is 2. The Morgan fingerprint density at radius 2 is 1.74 bits per heavy atom. The maximum absolute atomic E-state index is 4.64. The van der Waals surface area contributed by atoms with E-state index in [9.17, 15) is 0 Å². The van der Waals surface area contributed by atoms with Gasteiger partial charge in [0, 0.05) is 19.1 Å². The molecule has 0 aliphatic carbocycles. The van der Waals surface area contributed by atoms with Gasteiger partial charge in [0.1, 0.15) is 0 Å². The number of anilines is 1. The maximum atomic E-state index is 4.64. The fourth-order valence-electron chi connectivity index (χ4n) is 2.45. The normalized spacial score (nSPS) is 11.5. The van der Waals surface area contributed by atoms with E-state index in [-0.39, 0.29) is 0 Å². The molecular formula is C19H23N3S. The van der Waals surface area contributed by atoms with E-state index in [1.165, 1.54) is 15.8 Å². The lowest BCUT2D eigenvalue weighted by Gasteiger charge is -2.22. The highest BCUT2D eigenvalue weighted by atomic mass is 32.1. The van der Waals surface area contributed by atoms with Crippen LogP contribution in [0.25, 0.3) is 10.2 Å². The van der Waals surface area contributed by atoms with Crippen molar-refractivity contribution in [1.82, 2.24) is 9.88 Å². The SMILES string of the molecule is CC(C)N(C)Cc1ccccc1CNc1nc2ccccc2s1. The molecule has 1 heterocycles. The van der Waals surface area contributed by atoms with E-state index in [1.807, 2.05) is 6.07 Å². The summed E-state index contributed by atoms with van der Waals surface area (Å²) in [5, 5.41) is 4.47. The van der Waals surface area contributed by atoms with Gasteiger partial charge in [0.25, 0.3) is 0 Å². The van der Waals surface area contributed by atoms with Gasteiger partial charge in [-0.05, 0) is 44.2 Å². The molecule has 2 aromatic carbocycles. The number of para-hydroxylation sites is 1. The van der Waals surface area contributed by atoms with Gasteiger partial charge in [-0.3, -0.25) is 4.90 Å². The molecule has 0 atom stereocenters. The Balaban J connectivity index is 1.72. The average Bonchev–Trinajstić information content (AvgIpc) is 2.96. The number of hydrogen-bond donors (Lipinski definition) is 1. The molecule has 0 unspecified atom stereocenters. The second-order valence-electron chi connectivity index (χ2n) is 6.12. The van der Waals surface area contributed by atoms with E-state index in [4.69, 9.17) is 0 Å². The van der Waals surface area contributed by atoms with Crippen molar-refractivity contribution in [3.63, 3.8) is 0 Å². The van der Waals surface area contributed by atoms with Crippen molar-refractivity contribution in [2.24, 2.45) is 0 Å². The minimum Gasteiger partial charge on any atom is -0.357 e. The molecule has 0 bridgehead atoms. The van der Waals surface area contributed by atoms with E-state index >= 15 is 0 Å². The van der Waals surface area contributed by atoms with Crippen LogP contribution in [0, 0.1) is 0 Å². The second-order valence-corrected chi connectivity index (χ2v) is 7.15. The number of nitrogens with one attached hydrogen (secondary N) is 1. The number of aromatic nitrogens is 1. The first-order valence-electron chi connectivity index (χ1n) is 8.00. The highest BCUT2D eigenvalue weighted by molar-refractivity contribution is 7.22. The minimum atomic E-state index is 0.542. The standard InChI is InChI=1S/C19H23N3S/c1-14(2)22(3)13-16-9-5-4-8-15(16)12-20-19-21-17-10-6-7-11-18(17)23-19/h4-11,14H,12-13H2,1-3H3,(H,20,21). The molecule has 0 spiro atoms. The van der Waals surface area contributed by atoms with Crippen LogP contribution < -0.4 is 5.32 Å². The van der Waals surface area contributed by atoms with Gasteiger partial charge in [-0.15, -0.1) is 0 Å². The molecule has 0 fully saturated rings. The van der Waals surface area contributed by atoms with Crippen LogP contribution in [-0.2, 0) is 13.1 Å². The van der Waals surface area contributed by atoms with Crippen LogP contribution in [0.1, 0.15) is 25.0 Å². The quantitative estimate of drug-likeness (QED) is 0.709. The summed E-state index contributed by atoms with van der Waals surface area (Å²) in [4.78, 5) is 7.00. The Morgan fingerprint density at radius 1 is 1.04 bits per heavy atom. The summed E-state index contributed by atoms with van der Waals surface area (Å²) in [6, 6.07) is 17.4. The van der Waals surface area contributed by atoms with Crippen molar-refractivity contribution in [1.29, 1.82) is 0 Å². The van der Waals surface area contributed by atoms with Crippen molar-refractivity contribution >= 4 is 26.7 Å². The molecule has 3 rings (SSSR count). The molecular weight excluding hydrogens is 302 g/mol. The largest absolute Gasteiger partial charge is 0.357 e. The van der Waals surface area contributed by atoms with Crippen molar-refractivity contribution in [2.45, 2.75) is 33.0 Å². The van der Waals surface area contributed by atoms with Gasteiger partial charge in [-0.2, -0.15) is 0 Å². The van der Waals surface area contributed by atoms with Gasteiger partial charge < -0.3 is 5.32 Å². The van der Waals surface area contributed by atoms with Crippen molar-refractivity contribution in [2.75, 3.05) is 12.4 Å². The van der Waals surface area contributed by atoms with Crippen LogP contribution in [-0.4, -0.2) is 23.0 Å². The van der Waals surface area contributed by atoms with E-state index in [2.05, 4.69) is 78.6 Å². The molecule has 0 saturated heterocycles. The summed E-state index contributed by atoms with van der Waals surface area (Å²) >= 11 is 1.71. The third-order valence-corrected chi connectivity index (χ3v) is 5.14. The van der Waals surface area contributed by atoms with Crippen molar-refractivity contribution in [3.05, 3.63) is 59.7 Å². The fourth-order valence-corrected chi connectivity index (χ4v) is 3.32. The highest BCUT2D eigenvalue weighted by Gasteiger charge is 2.09. The summed E-state index contributed by atoms with van der Waals surface area (Å²) in [6.07, 6.45) is 0. The Kier molecular flexibility index (Phi) is 4.94. The van der Waals surface area contributed by atoms with Crippen molar-refractivity contribution in [3.8, 4) is 0 Å². The van der Waals surface area contributed by atoms with Gasteiger partial charge >= 0.3 is 0 Å². The van der Waals surface area contributed by atoms with E-state index in [0.29, 0.717) is 6.04 Å². The van der Waals surface area contributed by atoms with E-state index in [1.54, 1.807) is 11.3 Å². The lowest BCUT2D eigenvalue weighted by molar-refractivity contribution is 0.265. The minimum absolute atomic E-state index is 0.542. The van der Waals surface area contributed by atoms with Crippen LogP contribution in [0.15, 0.2) is 48.5 Å². The molecule has 3 nitrogen and oxygen atoms in total. The van der Waals surface area contributed by atoms with Gasteiger partial charge in [0.15, 0.2) is 5.13 Å². The predicted octanol–water partition coefficient (Wildman–Crippen LogP) is 4.75. The number of rotatable bonds is 6. The Morgan fingerprint density at radius 3 is 2.48 bits per heavy atom. The van der Waals surface area contributed by atoms with E-state index in [0.717, 1.165) is 23.7 Å². The molecule has 0 saturated carbocycles. The summed E-state index contributed by atoms with van der Waals surface area (Å²) in [5.74, 6) is 0. The predicted molar refractivity (Wildman–Crippen MR) is 100.0 cm³/mol. The molecule has 120 valence electrons. The molecule has 1 N–H and O–H groups in total. The first kappa shape index (κ1) is 16.0. The highest BCUT2D eigenvalue weighted by Crippen LogP contribution is 2.26.